The van der Waals surface area contributed by atoms with Gasteiger partial charge in [0.1, 0.15) is 5.82 Å². The van der Waals surface area contributed by atoms with Crippen LogP contribution in [-0.2, 0) is 0 Å². The maximum absolute atomic E-state index is 13.7. The molecule has 2 aromatic carbocycles. The summed E-state index contributed by atoms with van der Waals surface area (Å²) in [5.74, 6) is 5.88. The second-order valence-corrected chi connectivity index (χ2v) is 5.54. The highest BCUT2D eigenvalue weighted by Gasteiger charge is 2.14. The lowest BCUT2D eigenvalue weighted by molar-refractivity contribution is 0.546. The fourth-order valence-corrected chi connectivity index (χ4v) is 3.00. The molecule has 19 heavy (non-hydrogen) atoms. The summed E-state index contributed by atoms with van der Waals surface area (Å²) < 4.78 is 13.7. The van der Waals surface area contributed by atoms with Gasteiger partial charge in [-0.25, -0.2) is 4.39 Å². The summed E-state index contributed by atoms with van der Waals surface area (Å²) in [5.41, 5.74) is 3.22. The molecule has 0 aliphatic rings. The smallest absolute Gasteiger partial charge is 0.128 e. The molecular formula is C14H14ClFN2S. The Hall–Kier alpha value is -1.07. The Balaban J connectivity index is 2.06. The first-order valence-electron chi connectivity index (χ1n) is 5.79. The molecule has 0 spiro atoms. The molecule has 0 bridgehead atoms. The molecule has 0 fully saturated rings. The maximum Gasteiger partial charge on any atom is 0.128 e. The molecule has 5 heteroatoms. The van der Waals surface area contributed by atoms with Crippen LogP contribution in [0, 0.1) is 5.82 Å². The van der Waals surface area contributed by atoms with E-state index in [2.05, 4.69) is 5.43 Å². The van der Waals surface area contributed by atoms with Crippen molar-refractivity contribution in [3.63, 3.8) is 0 Å². The highest BCUT2D eigenvalue weighted by Crippen LogP contribution is 2.27. The van der Waals surface area contributed by atoms with Crippen LogP contribution in [-0.4, -0.2) is 5.75 Å². The number of benzene rings is 2. The molecule has 1 unspecified atom stereocenters. The number of nitrogens with two attached hydrogens (primary N) is 1. The molecule has 0 radical (unpaired) electrons. The van der Waals surface area contributed by atoms with Crippen LogP contribution in [0.4, 0.5) is 4.39 Å². The van der Waals surface area contributed by atoms with Gasteiger partial charge < -0.3 is 0 Å². The van der Waals surface area contributed by atoms with E-state index in [-0.39, 0.29) is 11.9 Å². The molecular weight excluding hydrogens is 283 g/mol. The molecule has 0 amide bonds. The third kappa shape index (κ3) is 3.94. The van der Waals surface area contributed by atoms with Crippen LogP contribution < -0.4 is 11.3 Å². The minimum absolute atomic E-state index is 0.245. The van der Waals surface area contributed by atoms with Crippen molar-refractivity contribution in [2.45, 2.75) is 10.9 Å². The number of rotatable bonds is 5. The highest BCUT2D eigenvalue weighted by atomic mass is 35.5. The zero-order valence-electron chi connectivity index (χ0n) is 10.1. The summed E-state index contributed by atoms with van der Waals surface area (Å²) in [7, 11) is 0. The first-order chi connectivity index (χ1) is 9.20. The molecule has 2 rings (SSSR count). The third-order valence-corrected chi connectivity index (χ3v) is 4.02. The van der Waals surface area contributed by atoms with E-state index in [4.69, 9.17) is 17.4 Å². The maximum atomic E-state index is 13.7. The van der Waals surface area contributed by atoms with E-state index in [0.717, 1.165) is 4.90 Å². The Labute approximate surface area is 121 Å². The van der Waals surface area contributed by atoms with Gasteiger partial charge in [-0.2, -0.15) is 0 Å². The molecule has 0 aliphatic carbocycles. The van der Waals surface area contributed by atoms with Crippen LogP contribution in [0.3, 0.4) is 0 Å². The SMILES string of the molecule is NNC(CSc1cccc(Cl)c1)c1ccccc1F. The lowest BCUT2D eigenvalue weighted by atomic mass is 10.1. The van der Waals surface area contributed by atoms with Gasteiger partial charge in [-0.05, 0) is 24.3 Å². The second kappa shape index (κ2) is 6.91. The predicted molar refractivity (Wildman–Crippen MR) is 78.6 cm³/mol. The molecule has 2 nitrogen and oxygen atoms in total. The number of hydrogen-bond acceptors (Lipinski definition) is 3. The van der Waals surface area contributed by atoms with E-state index < -0.39 is 0 Å². The van der Waals surface area contributed by atoms with Gasteiger partial charge in [0, 0.05) is 21.2 Å². The van der Waals surface area contributed by atoms with E-state index in [1.807, 2.05) is 24.3 Å². The Morgan fingerprint density at radius 3 is 2.68 bits per heavy atom. The summed E-state index contributed by atoms with van der Waals surface area (Å²) >= 11 is 7.50. The van der Waals surface area contributed by atoms with Crippen LogP contribution in [0.2, 0.25) is 5.02 Å². The largest absolute Gasteiger partial charge is 0.271 e. The molecule has 0 saturated carbocycles. The average Bonchev–Trinajstić information content (AvgIpc) is 2.41. The summed E-state index contributed by atoms with van der Waals surface area (Å²) in [6.07, 6.45) is 0. The van der Waals surface area contributed by atoms with Gasteiger partial charge in [-0.1, -0.05) is 35.9 Å². The Morgan fingerprint density at radius 1 is 1.21 bits per heavy atom. The fourth-order valence-electron chi connectivity index (χ4n) is 1.72. The van der Waals surface area contributed by atoms with E-state index in [0.29, 0.717) is 16.3 Å². The number of thioether (sulfide) groups is 1. The van der Waals surface area contributed by atoms with Gasteiger partial charge in [-0.15, -0.1) is 11.8 Å². The van der Waals surface area contributed by atoms with Crippen LogP contribution >= 0.6 is 23.4 Å². The van der Waals surface area contributed by atoms with Crippen molar-refractivity contribution in [1.29, 1.82) is 0 Å². The summed E-state index contributed by atoms with van der Waals surface area (Å²) in [5, 5.41) is 0.688. The standard InChI is InChI=1S/C14H14ClFN2S/c15-10-4-3-5-11(8-10)19-9-14(18-17)12-6-1-2-7-13(12)16/h1-8,14,18H,9,17H2. The highest BCUT2D eigenvalue weighted by molar-refractivity contribution is 7.99. The Bertz CT molecular complexity index is 550. The minimum atomic E-state index is -0.253. The lowest BCUT2D eigenvalue weighted by Gasteiger charge is -2.16. The summed E-state index contributed by atoms with van der Waals surface area (Å²) in [6, 6.07) is 13.9. The van der Waals surface area contributed by atoms with Crippen molar-refractivity contribution in [3.05, 3.63) is 64.9 Å². The number of halogens is 2. The molecule has 100 valence electrons. The minimum Gasteiger partial charge on any atom is -0.271 e. The Morgan fingerprint density at radius 2 is 2.00 bits per heavy atom. The molecule has 1 atom stereocenters. The molecule has 3 N–H and O–H groups in total. The number of hydrazine groups is 1. The van der Waals surface area contributed by atoms with Gasteiger partial charge in [0.15, 0.2) is 0 Å². The van der Waals surface area contributed by atoms with Crippen molar-refractivity contribution in [3.8, 4) is 0 Å². The van der Waals surface area contributed by atoms with Crippen molar-refractivity contribution < 1.29 is 4.39 Å². The van der Waals surface area contributed by atoms with E-state index in [9.17, 15) is 4.39 Å². The number of nitrogens with one attached hydrogen (secondary N) is 1. The average molecular weight is 297 g/mol. The van der Waals surface area contributed by atoms with Gasteiger partial charge in [0.25, 0.3) is 0 Å². The van der Waals surface area contributed by atoms with Gasteiger partial charge in [0.2, 0.25) is 0 Å². The van der Waals surface area contributed by atoms with E-state index in [1.165, 1.54) is 6.07 Å². The van der Waals surface area contributed by atoms with Crippen LogP contribution in [0.1, 0.15) is 11.6 Å². The third-order valence-electron chi connectivity index (χ3n) is 2.69. The van der Waals surface area contributed by atoms with Gasteiger partial charge >= 0.3 is 0 Å². The number of hydrogen-bond donors (Lipinski definition) is 2. The monoisotopic (exact) mass is 296 g/mol. The van der Waals surface area contributed by atoms with Crippen molar-refractivity contribution in [2.75, 3.05) is 5.75 Å². The summed E-state index contributed by atoms with van der Waals surface area (Å²) in [4.78, 5) is 1.03. The first kappa shape index (κ1) is 14.3. The second-order valence-electron chi connectivity index (χ2n) is 4.01. The molecule has 2 aromatic rings. The molecule has 0 aromatic heterocycles. The van der Waals surface area contributed by atoms with Crippen molar-refractivity contribution in [2.24, 2.45) is 5.84 Å². The Kier molecular flexibility index (Phi) is 5.22. The molecule has 0 saturated heterocycles. The lowest BCUT2D eigenvalue weighted by Crippen LogP contribution is -2.30. The predicted octanol–water partition coefficient (Wildman–Crippen LogP) is 3.78. The first-order valence-corrected chi connectivity index (χ1v) is 7.16. The fraction of sp³-hybridized carbons (Fsp3) is 0.143. The van der Waals surface area contributed by atoms with Crippen LogP contribution in [0.5, 0.6) is 0 Å². The van der Waals surface area contributed by atoms with Gasteiger partial charge in [-0.3, -0.25) is 11.3 Å². The van der Waals surface area contributed by atoms with Crippen LogP contribution in [0.25, 0.3) is 0 Å². The van der Waals surface area contributed by atoms with Gasteiger partial charge in [0.05, 0.1) is 6.04 Å². The van der Waals surface area contributed by atoms with E-state index >= 15 is 0 Å². The zero-order chi connectivity index (χ0) is 13.7. The van der Waals surface area contributed by atoms with E-state index in [1.54, 1.807) is 30.0 Å². The zero-order valence-corrected chi connectivity index (χ0v) is 11.7. The topological polar surface area (TPSA) is 38.0 Å². The normalized spacial score (nSPS) is 12.4. The van der Waals surface area contributed by atoms with Crippen LogP contribution in [0.15, 0.2) is 53.4 Å². The molecule has 0 heterocycles. The van der Waals surface area contributed by atoms with Crippen molar-refractivity contribution >= 4 is 23.4 Å². The summed E-state index contributed by atoms with van der Waals surface area (Å²) in [6.45, 7) is 0. The van der Waals surface area contributed by atoms with Crippen molar-refractivity contribution in [1.82, 2.24) is 5.43 Å². The quantitative estimate of drug-likeness (QED) is 0.501. The molecule has 0 aliphatic heterocycles.